The second-order valence-corrected chi connectivity index (χ2v) is 5.94. The van der Waals surface area contributed by atoms with Crippen LogP contribution in [0.3, 0.4) is 0 Å². The lowest BCUT2D eigenvalue weighted by Crippen LogP contribution is -2.35. The fourth-order valence-electron chi connectivity index (χ4n) is 2.53. The lowest BCUT2D eigenvalue weighted by molar-refractivity contribution is -0.132. The van der Waals surface area contributed by atoms with Gasteiger partial charge in [-0.2, -0.15) is 0 Å². The van der Waals surface area contributed by atoms with E-state index >= 15 is 0 Å². The molecule has 1 aromatic heterocycles. The fourth-order valence-corrected chi connectivity index (χ4v) is 2.53. The highest BCUT2D eigenvalue weighted by atomic mass is 16.5. The first kappa shape index (κ1) is 17.7. The van der Waals surface area contributed by atoms with E-state index in [-0.39, 0.29) is 36.9 Å². The van der Waals surface area contributed by atoms with Crippen molar-refractivity contribution >= 4 is 17.8 Å². The first-order valence-corrected chi connectivity index (χ1v) is 7.82. The van der Waals surface area contributed by atoms with Gasteiger partial charge in [-0.25, -0.2) is 4.79 Å². The van der Waals surface area contributed by atoms with E-state index in [9.17, 15) is 19.2 Å². The van der Waals surface area contributed by atoms with Crippen LogP contribution in [0, 0.1) is 0 Å². The molecule has 2 rings (SSSR count). The van der Waals surface area contributed by atoms with Gasteiger partial charge in [0.25, 0.3) is 5.56 Å². The Hall–Kier alpha value is -2.64. The Morgan fingerprint density at radius 3 is 2.71 bits per heavy atom. The minimum atomic E-state index is -0.786. The third kappa shape index (κ3) is 4.01. The van der Waals surface area contributed by atoms with Crippen molar-refractivity contribution in [2.24, 2.45) is 5.73 Å². The number of carbonyl (C=O) groups is 3. The van der Waals surface area contributed by atoms with Crippen molar-refractivity contribution in [2.75, 3.05) is 13.1 Å². The van der Waals surface area contributed by atoms with Gasteiger partial charge in [0.15, 0.2) is 0 Å². The van der Waals surface area contributed by atoms with E-state index in [1.54, 1.807) is 6.07 Å². The van der Waals surface area contributed by atoms with Gasteiger partial charge in [-0.15, -0.1) is 0 Å². The van der Waals surface area contributed by atoms with Gasteiger partial charge >= 0.3 is 5.97 Å². The number of carbonyl (C=O) groups excluding carboxylic acids is 3. The van der Waals surface area contributed by atoms with Crippen LogP contribution in [0.2, 0.25) is 0 Å². The highest BCUT2D eigenvalue weighted by Gasteiger charge is 2.33. The van der Waals surface area contributed by atoms with E-state index in [1.165, 1.54) is 11.0 Å². The molecule has 2 amide bonds. The van der Waals surface area contributed by atoms with E-state index in [2.05, 4.69) is 4.98 Å². The maximum Gasteiger partial charge on any atom is 0.344 e. The second kappa shape index (κ2) is 7.29. The highest BCUT2D eigenvalue weighted by Crippen LogP contribution is 2.17. The van der Waals surface area contributed by atoms with Gasteiger partial charge in [0.2, 0.25) is 11.8 Å². The Morgan fingerprint density at radius 1 is 1.42 bits per heavy atom. The van der Waals surface area contributed by atoms with E-state index in [0.717, 1.165) is 12.1 Å². The second-order valence-electron chi connectivity index (χ2n) is 5.94. The van der Waals surface area contributed by atoms with E-state index in [4.69, 9.17) is 10.5 Å². The number of aromatic amines is 1. The molecule has 2 heterocycles. The van der Waals surface area contributed by atoms with E-state index < -0.39 is 23.5 Å². The summed E-state index contributed by atoms with van der Waals surface area (Å²) >= 11 is 0. The Balaban J connectivity index is 2.04. The van der Waals surface area contributed by atoms with Crippen molar-refractivity contribution in [2.45, 2.75) is 38.7 Å². The smallest absolute Gasteiger partial charge is 0.344 e. The van der Waals surface area contributed by atoms with Gasteiger partial charge in [0.05, 0.1) is 19.5 Å². The molecule has 2 atom stereocenters. The predicted octanol–water partition coefficient (Wildman–Crippen LogP) is 0.131. The first-order valence-electron chi connectivity index (χ1n) is 7.82. The summed E-state index contributed by atoms with van der Waals surface area (Å²) in [5.74, 6) is -1.55. The number of rotatable bonds is 6. The van der Waals surface area contributed by atoms with Crippen LogP contribution in [0.5, 0.6) is 0 Å². The SMILES string of the molecule is CCC(C)c1ccc(C(=O)OC2CC(=O)N(CC(N)=O)C2)c(=O)[nH]1. The number of aromatic nitrogens is 1. The molecule has 0 saturated carbocycles. The van der Waals surface area contributed by atoms with Gasteiger partial charge in [-0.3, -0.25) is 14.4 Å². The monoisotopic (exact) mass is 335 g/mol. The Labute approximate surface area is 139 Å². The molecular formula is C16H21N3O5. The summed E-state index contributed by atoms with van der Waals surface area (Å²) in [5, 5.41) is 0. The fraction of sp³-hybridized carbons (Fsp3) is 0.500. The number of hydrogen-bond acceptors (Lipinski definition) is 5. The minimum absolute atomic E-state index is 0.0259. The summed E-state index contributed by atoms with van der Waals surface area (Å²) in [5.41, 5.74) is 5.18. The molecule has 2 unspecified atom stereocenters. The van der Waals surface area contributed by atoms with Crippen molar-refractivity contribution in [1.29, 1.82) is 0 Å². The molecule has 1 aromatic rings. The van der Waals surface area contributed by atoms with E-state index in [1.807, 2.05) is 13.8 Å². The zero-order valence-electron chi connectivity index (χ0n) is 13.7. The van der Waals surface area contributed by atoms with Crippen LogP contribution in [0.15, 0.2) is 16.9 Å². The quantitative estimate of drug-likeness (QED) is 0.716. The molecule has 3 N–H and O–H groups in total. The number of likely N-dealkylation sites (tertiary alicyclic amines) is 1. The molecule has 1 fully saturated rings. The van der Waals surface area contributed by atoms with Gasteiger partial charge in [-0.1, -0.05) is 13.8 Å². The van der Waals surface area contributed by atoms with Crippen molar-refractivity contribution in [3.05, 3.63) is 33.7 Å². The van der Waals surface area contributed by atoms with Gasteiger partial charge in [0.1, 0.15) is 11.7 Å². The molecule has 1 saturated heterocycles. The Bertz CT molecular complexity index is 712. The predicted molar refractivity (Wildman–Crippen MR) is 85.4 cm³/mol. The molecule has 0 spiro atoms. The van der Waals surface area contributed by atoms with Crippen LogP contribution in [0.25, 0.3) is 0 Å². The van der Waals surface area contributed by atoms with E-state index in [0.29, 0.717) is 0 Å². The molecule has 1 aliphatic rings. The number of hydrogen-bond donors (Lipinski definition) is 2. The molecule has 8 heteroatoms. The maximum absolute atomic E-state index is 12.1. The number of nitrogens with two attached hydrogens (primary N) is 1. The molecule has 8 nitrogen and oxygen atoms in total. The maximum atomic E-state index is 12.1. The Kier molecular flexibility index (Phi) is 5.38. The Morgan fingerprint density at radius 2 is 2.12 bits per heavy atom. The number of nitrogens with zero attached hydrogens (tertiary/aromatic N) is 1. The lowest BCUT2D eigenvalue weighted by Gasteiger charge is -2.14. The van der Waals surface area contributed by atoms with Crippen LogP contribution in [-0.2, 0) is 14.3 Å². The normalized spacial score (nSPS) is 18.5. The topological polar surface area (TPSA) is 123 Å². The van der Waals surface area contributed by atoms with Crippen LogP contribution < -0.4 is 11.3 Å². The summed E-state index contributed by atoms with van der Waals surface area (Å²) in [6, 6.07) is 3.12. The number of primary amides is 1. The van der Waals surface area contributed by atoms with Gasteiger partial charge in [0, 0.05) is 5.69 Å². The molecule has 0 radical (unpaired) electrons. The van der Waals surface area contributed by atoms with Crippen LogP contribution >= 0.6 is 0 Å². The van der Waals surface area contributed by atoms with Gasteiger partial charge < -0.3 is 20.4 Å². The standard InChI is InChI=1S/C16H21N3O5/c1-3-9(2)12-5-4-11(15(22)18-12)16(23)24-10-6-14(21)19(7-10)8-13(17)20/h4-5,9-10H,3,6-8H2,1-2H3,(H2,17,20)(H,18,22). The lowest BCUT2D eigenvalue weighted by atomic mass is 10.0. The van der Waals surface area contributed by atoms with Crippen LogP contribution in [0.4, 0.5) is 0 Å². The number of amides is 2. The zero-order chi connectivity index (χ0) is 17.9. The molecule has 0 bridgehead atoms. The average Bonchev–Trinajstić information content (AvgIpc) is 2.84. The molecular weight excluding hydrogens is 314 g/mol. The third-order valence-corrected chi connectivity index (χ3v) is 4.09. The average molecular weight is 335 g/mol. The van der Waals surface area contributed by atoms with Crippen molar-refractivity contribution in [3.63, 3.8) is 0 Å². The molecule has 130 valence electrons. The number of pyridine rings is 1. The molecule has 0 aromatic carbocycles. The van der Waals surface area contributed by atoms with Crippen molar-refractivity contribution < 1.29 is 19.1 Å². The number of nitrogens with one attached hydrogen (secondary N) is 1. The molecule has 0 aliphatic carbocycles. The summed E-state index contributed by atoms with van der Waals surface area (Å²) in [7, 11) is 0. The summed E-state index contributed by atoms with van der Waals surface area (Å²) < 4.78 is 5.21. The minimum Gasteiger partial charge on any atom is -0.456 e. The summed E-state index contributed by atoms with van der Waals surface area (Å²) in [4.78, 5) is 50.7. The first-order chi connectivity index (χ1) is 11.3. The van der Waals surface area contributed by atoms with Crippen LogP contribution in [0.1, 0.15) is 48.7 Å². The molecule has 24 heavy (non-hydrogen) atoms. The summed E-state index contributed by atoms with van der Waals surface area (Å²) in [6.45, 7) is 3.86. The number of esters is 1. The largest absolute Gasteiger partial charge is 0.456 e. The van der Waals surface area contributed by atoms with Crippen LogP contribution in [-0.4, -0.2) is 46.9 Å². The number of H-pyrrole nitrogens is 1. The summed E-state index contributed by atoms with van der Waals surface area (Å²) in [6.07, 6.45) is 0.139. The third-order valence-electron chi connectivity index (χ3n) is 4.09. The molecule has 1 aliphatic heterocycles. The zero-order valence-corrected chi connectivity index (χ0v) is 13.7. The van der Waals surface area contributed by atoms with Crippen molar-refractivity contribution in [1.82, 2.24) is 9.88 Å². The number of ether oxygens (including phenoxy) is 1. The van der Waals surface area contributed by atoms with Crippen molar-refractivity contribution in [3.8, 4) is 0 Å². The highest BCUT2D eigenvalue weighted by molar-refractivity contribution is 5.90. The van der Waals surface area contributed by atoms with Gasteiger partial charge in [-0.05, 0) is 24.5 Å².